The molecule has 15 heteroatoms. The molecule has 1 saturated heterocycles. The Bertz CT molecular complexity index is 1940. The molecule has 3 N–H and O–H groups in total. The van der Waals surface area contributed by atoms with Crippen molar-refractivity contribution in [2.45, 2.75) is 134 Å². The maximum Gasteiger partial charge on any atom is 0.408 e. The third kappa shape index (κ3) is 9.53. The molecule has 7 atom stereocenters. The van der Waals surface area contributed by atoms with Crippen LogP contribution in [0.4, 0.5) is 4.79 Å². The molecular weight excluding hydrogens is 727 g/mol. The zero-order valence-corrected chi connectivity index (χ0v) is 33.6. The second-order valence-corrected chi connectivity index (χ2v) is 19.0. The highest BCUT2D eigenvalue weighted by Gasteiger charge is 2.62. The lowest BCUT2D eigenvalue weighted by atomic mass is 9.88. The van der Waals surface area contributed by atoms with E-state index in [1.807, 2.05) is 57.2 Å². The number of amides is 4. The number of hydrogen-bond acceptors (Lipinski definition) is 10. The summed E-state index contributed by atoms with van der Waals surface area (Å²) in [6.07, 6.45) is 7.23. The second-order valence-electron chi connectivity index (χ2n) is 17.0. The van der Waals surface area contributed by atoms with Gasteiger partial charge in [-0.05, 0) is 115 Å². The number of rotatable bonds is 8. The van der Waals surface area contributed by atoms with E-state index in [1.165, 1.54) is 4.90 Å². The highest BCUT2D eigenvalue weighted by Crippen LogP contribution is 2.46. The lowest BCUT2D eigenvalue weighted by Gasteiger charge is -2.33. The molecule has 1 aromatic heterocycles. The Morgan fingerprint density at radius 1 is 1.07 bits per heavy atom. The number of carbonyl (C=O) groups excluding carboxylic acids is 4. The van der Waals surface area contributed by atoms with Crippen molar-refractivity contribution in [1.82, 2.24) is 25.2 Å². The van der Waals surface area contributed by atoms with Crippen LogP contribution in [0.1, 0.15) is 93.4 Å². The van der Waals surface area contributed by atoms with E-state index in [4.69, 9.17) is 14.2 Å². The van der Waals surface area contributed by atoms with Crippen molar-refractivity contribution in [2.24, 2.45) is 17.8 Å². The van der Waals surface area contributed by atoms with E-state index in [1.54, 1.807) is 27.0 Å². The van der Waals surface area contributed by atoms with Crippen LogP contribution in [0.25, 0.3) is 10.8 Å². The zero-order chi connectivity index (χ0) is 39.9. The lowest BCUT2D eigenvalue weighted by molar-refractivity contribution is -0.142. The van der Waals surface area contributed by atoms with E-state index < -0.39 is 74.3 Å². The summed E-state index contributed by atoms with van der Waals surface area (Å²) in [5, 5.41) is 6.62. The Kier molecular flexibility index (Phi) is 11.4. The molecule has 0 unspecified atom stereocenters. The van der Waals surface area contributed by atoms with Crippen molar-refractivity contribution in [3.63, 3.8) is 0 Å². The Hall–Kier alpha value is -4.40. The van der Waals surface area contributed by atoms with Gasteiger partial charge in [0.1, 0.15) is 35.1 Å². The van der Waals surface area contributed by atoms with Crippen molar-refractivity contribution in [3.8, 4) is 11.6 Å². The minimum atomic E-state index is -3.90. The number of pyridine rings is 1. The average Bonchev–Trinajstić information content (AvgIpc) is 4.01. The number of ether oxygens (including phenoxy) is 3. The van der Waals surface area contributed by atoms with Crippen LogP contribution in [-0.2, 0) is 29.1 Å². The number of benzene rings is 1. The van der Waals surface area contributed by atoms with Crippen molar-refractivity contribution >= 4 is 44.6 Å². The number of allylic oxidation sites excluding steroid dienone is 1. The van der Waals surface area contributed by atoms with E-state index in [0.717, 1.165) is 11.8 Å². The Labute approximate surface area is 323 Å². The number of sulfonamides is 1. The molecule has 2 aliphatic carbocycles. The fourth-order valence-electron chi connectivity index (χ4n) is 7.66. The van der Waals surface area contributed by atoms with Gasteiger partial charge in [-0.25, -0.2) is 18.2 Å². The van der Waals surface area contributed by atoms with Gasteiger partial charge in [0.25, 0.3) is 5.91 Å². The van der Waals surface area contributed by atoms with Crippen molar-refractivity contribution in [2.75, 3.05) is 6.54 Å². The Morgan fingerprint density at radius 3 is 2.51 bits per heavy atom. The van der Waals surface area contributed by atoms with Crippen LogP contribution in [0.2, 0.25) is 0 Å². The molecule has 3 heterocycles. The monoisotopic (exact) mass is 781 g/mol. The topological polar surface area (TPSA) is 182 Å². The first-order chi connectivity index (χ1) is 25.8. The van der Waals surface area contributed by atoms with Gasteiger partial charge < -0.3 is 29.7 Å². The van der Waals surface area contributed by atoms with Crippen molar-refractivity contribution in [1.29, 1.82) is 0 Å². The summed E-state index contributed by atoms with van der Waals surface area (Å²) >= 11 is 0. The quantitative estimate of drug-likeness (QED) is 0.316. The average molecular weight is 782 g/mol. The highest BCUT2D eigenvalue weighted by atomic mass is 32.2. The molecule has 4 amide bonds. The molecule has 4 aliphatic rings. The van der Waals surface area contributed by atoms with E-state index in [9.17, 15) is 27.6 Å². The van der Waals surface area contributed by atoms with Gasteiger partial charge in [0.05, 0.1) is 17.9 Å². The van der Waals surface area contributed by atoms with Gasteiger partial charge in [-0.15, -0.1) is 0 Å². The standard InChI is InChI=1S/C40H55N5O9S/c1-23(2)52-28-12-15-31-26(19-28)16-17-41-35(31)53-29-20-32-34(46)43-40(37(48)44-55(50,51)30-13-14-30)21-27(40)11-9-8-10-24(3)18-25(4)33(36(47)45(32)22-29)42-38(49)54-39(5,6)7/h9,11-12,15-17,19,23-25,27,29-30,32-33H,8,10,13-14,18,20-22H2,1-7H3,(H,42,49)(H,43,46)(H,44,48)/b11-9-/t24-,25-,27-,29-,32+,33+,40-/m1/s1. The first-order valence-corrected chi connectivity index (χ1v) is 21.0. The Balaban J connectivity index is 1.33. The molecule has 2 aromatic rings. The molecule has 0 radical (unpaired) electrons. The van der Waals surface area contributed by atoms with E-state index in [-0.39, 0.29) is 37.3 Å². The third-order valence-electron chi connectivity index (χ3n) is 10.6. The molecule has 14 nitrogen and oxygen atoms in total. The second kappa shape index (κ2) is 15.6. The maximum atomic E-state index is 14.8. The molecule has 2 saturated carbocycles. The smallest absolute Gasteiger partial charge is 0.408 e. The number of fused-ring (bicyclic) bond motifs is 3. The van der Waals surface area contributed by atoms with Gasteiger partial charge >= 0.3 is 6.09 Å². The number of alkyl carbamates (subject to hydrolysis) is 1. The number of nitrogens with one attached hydrogen (secondary N) is 3. The summed E-state index contributed by atoms with van der Waals surface area (Å²) in [5.74, 6) is -1.52. The van der Waals surface area contributed by atoms with Gasteiger partial charge in [0, 0.05) is 23.9 Å². The zero-order valence-electron chi connectivity index (χ0n) is 32.8. The molecule has 300 valence electrons. The van der Waals surface area contributed by atoms with Crippen LogP contribution in [0.15, 0.2) is 42.6 Å². The molecule has 0 bridgehead atoms. The van der Waals surface area contributed by atoms with E-state index in [2.05, 4.69) is 27.3 Å². The summed E-state index contributed by atoms with van der Waals surface area (Å²) in [6.45, 7) is 13.1. The van der Waals surface area contributed by atoms with Crippen LogP contribution >= 0.6 is 0 Å². The fraction of sp³-hybridized carbons (Fsp3) is 0.625. The van der Waals surface area contributed by atoms with Crippen LogP contribution in [0.3, 0.4) is 0 Å². The molecule has 3 fully saturated rings. The number of nitrogens with zero attached hydrogens (tertiary/aromatic N) is 2. The molecule has 55 heavy (non-hydrogen) atoms. The lowest BCUT2D eigenvalue weighted by Crippen LogP contribution is -2.59. The molecule has 0 spiro atoms. The van der Waals surface area contributed by atoms with Crippen molar-refractivity contribution in [3.05, 3.63) is 42.6 Å². The number of carbonyl (C=O) groups is 4. The van der Waals surface area contributed by atoms with Gasteiger partial charge in [-0.3, -0.25) is 19.1 Å². The van der Waals surface area contributed by atoms with Crippen LogP contribution in [0, 0.1) is 17.8 Å². The number of hydrogen-bond donors (Lipinski definition) is 3. The molecule has 1 aromatic carbocycles. The van der Waals surface area contributed by atoms with Gasteiger partial charge in [-0.1, -0.05) is 26.0 Å². The summed E-state index contributed by atoms with van der Waals surface area (Å²) in [6, 6.07) is 5.25. The molecular formula is C40H55N5O9S. The largest absolute Gasteiger partial charge is 0.491 e. The van der Waals surface area contributed by atoms with Crippen molar-refractivity contribution < 1.29 is 41.8 Å². The highest BCUT2D eigenvalue weighted by molar-refractivity contribution is 7.91. The Morgan fingerprint density at radius 2 is 1.82 bits per heavy atom. The van der Waals surface area contributed by atoms with E-state index in [0.29, 0.717) is 42.7 Å². The summed E-state index contributed by atoms with van der Waals surface area (Å²) in [7, 11) is -3.90. The minimum absolute atomic E-state index is 0.0164. The number of aromatic nitrogens is 1. The summed E-state index contributed by atoms with van der Waals surface area (Å²) in [5.41, 5.74) is -2.33. The fourth-order valence-corrected chi connectivity index (χ4v) is 9.02. The minimum Gasteiger partial charge on any atom is -0.491 e. The summed E-state index contributed by atoms with van der Waals surface area (Å²) in [4.78, 5) is 62.1. The first-order valence-electron chi connectivity index (χ1n) is 19.4. The van der Waals surface area contributed by atoms with Gasteiger partial charge in [0.2, 0.25) is 27.7 Å². The third-order valence-corrected chi connectivity index (χ3v) is 12.5. The van der Waals surface area contributed by atoms with Crippen LogP contribution in [-0.4, -0.2) is 89.3 Å². The SMILES string of the molecule is CC(C)Oc1ccc2c(O[C@@H]3C[C@H]4C(=O)N[C@]5(C(=O)NS(=O)(=O)C6CC6)C[C@H]5/C=C\CC[C@@H](C)C[C@@H](C)[C@H](NC(=O)OC(C)(C)C)C(=O)N4C3)nccc2c1. The van der Waals surface area contributed by atoms with Crippen LogP contribution in [0.5, 0.6) is 11.6 Å². The normalized spacial score (nSPS) is 29.6. The predicted molar refractivity (Wildman–Crippen MR) is 206 cm³/mol. The molecule has 2 aliphatic heterocycles. The maximum absolute atomic E-state index is 14.8. The van der Waals surface area contributed by atoms with Gasteiger partial charge in [0.15, 0.2) is 0 Å². The molecule has 6 rings (SSSR count). The summed E-state index contributed by atoms with van der Waals surface area (Å²) < 4.78 is 45.9. The van der Waals surface area contributed by atoms with E-state index >= 15 is 0 Å². The van der Waals surface area contributed by atoms with Gasteiger partial charge in [-0.2, -0.15) is 0 Å². The first kappa shape index (κ1) is 40.3. The van der Waals surface area contributed by atoms with Crippen LogP contribution < -0.4 is 24.8 Å². The predicted octanol–water partition coefficient (Wildman–Crippen LogP) is 4.76.